The summed E-state index contributed by atoms with van der Waals surface area (Å²) in [4.78, 5) is 15.8. The molecule has 0 amide bonds. The van der Waals surface area contributed by atoms with Crippen molar-refractivity contribution in [2.24, 2.45) is 11.7 Å². The standard InChI is InChI=1S/C19H15N7OS2/c20-8-13-16(15-5-2-6-28-15)14(9-21)19(24-18(13)27)29-10-11-3-1-4-12(7-11)17(25-22)26-23/h1-7H,10,22-23H2,(H,24,27)(H,25,26)/p+1. The lowest BCUT2D eigenvalue weighted by molar-refractivity contribution is -0.471. The largest absolute Gasteiger partial charge is 0.315 e. The number of thioether (sulfide) groups is 1. The predicted molar refractivity (Wildman–Crippen MR) is 112 cm³/mol. The number of nitrogens with two attached hydrogens (primary N) is 2. The van der Waals surface area contributed by atoms with Crippen molar-refractivity contribution >= 4 is 28.9 Å². The molecule has 29 heavy (non-hydrogen) atoms. The first-order valence-electron chi connectivity index (χ1n) is 8.29. The van der Waals surface area contributed by atoms with Crippen LogP contribution in [-0.4, -0.2) is 10.8 Å². The number of hydrogen-bond donors (Lipinski definition) is 5. The predicted octanol–water partition coefficient (Wildman–Crippen LogP) is 0.303. The molecule has 0 spiro atoms. The third-order valence-corrected chi connectivity index (χ3v) is 6.02. The highest BCUT2D eigenvalue weighted by Crippen LogP contribution is 2.34. The molecule has 144 valence electrons. The molecule has 0 unspecified atom stereocenters. The maximum atomic E-state index is 12.4. The molecule has 0 aliphatic heterocycles. The van der Waals surface area contributed by atoms with Gasteiger partial charge >= 0.3 is 5.84 Å². The fourth-order valence-electron chi connectivity index (χ4n) is 2.75. The average Bonchev–Trinajstić information content (AvgIpc) is 3.27. The number of hydrazine groups is 2. The number of amidine groups is 1. The van der Waals surface area contributed by atoms with E-state index in [4.69, 9.17) is 11.7 Å². The molecular weight excluding hydrogens is 406 g/mol. The maximum absolute atomic E-state index is 12.4. The summed E-state index contributed by atoms with van der Waals surface area (Å²) < 4.78 is 0. The second-order valence-corrected chi connectivity index (χ2v) is 7.70. The van der Waals surface area contributed by atoms with E-state index in [9.17, 15) is 15.3 Å². The Kier molecular flexibility index (Phi) is 6.32. The summed E-state index contributed by atoms with van der Waals surface area (Å²) >= 11 is 2.68. The fraction of sp³-hybridized carbons (Fsp3) is 0.0526. The van der Waals surface area contributed by atoms with Crippen molar-refractivity contribution in [1.29, 1.82) is 10.5 Å². The summed E-state index contributed by atoms with van der Waals surface area (Å²) in [5, 5.41) is 23.9. The normalized spacial score (nSPS) is 10.9. The van der Waals surface area contributed by atoms with Crippen LogP contribution in [0.2, 0.25) is 0 Å². The van der Waals surface area contributed by atoms with Gasteiger partial charge in [0.1, 0.15) is 17.7 Å². The molecular formula is C19H16N7OS2+. The van der Waals surface area contributed by atoms with Gasteiger partial charge in [-0.15, -0.1) is 23.1 Å². The minimum absolute atomic E-state index is 0.0578. The molecule has 0 aliphatic rings. The lowest BCUT2D eigenvalue weighted by atomic mass is 10.0. The van der Waals surface area contributed by atoms with E-state index in [0.717, 1.165) is 11.1 Å². The maximum Gasteiger partial charge on any atom is 0.315 e. The molecule has 7 N–H and O–H groups in total. The van der Waals surface area contributed by atoms with Gasteiger partial charge in [-0.25, -0.2) is 0 Å². The van der Waals surface area contributed by atoms with Crippen molar-refractivity contribution < 1.29 is 5.10 Å². The summed E-state index contributed by atoms with van der Waals surface area (Å²) in [7, 11) is 0. The van der Waals surface area contributed by atoms with Crippen LogP contribution >= 0.6 is 23.1 Å². The van der Waals surface area contributed by atoms with Crippen LogP contribution in [-0.2, 0) is 5.75 Å². The molecule has 2 aromatic heterocycles. The molecule has 3 aromatic rings. The van der Waals surface area contributed by atoms with Gasteiger partial charge < -0.3 is 4.98 Å². The van der Waals surface area contributed by atoms with E-state index in [1.54, 1.807) is 6.07 Å². The van der Waals surface area contributed by atoms with E-state index in [1.807, 2.05) is 41.8 Å². The van der Waals surface area contributed by atoms with Gasteiger partial charge in [0.25, 0.3) is 5.56 Å². The van der Waals surface area contributed by atoms with E-state index in [0.29, 0.717) is 27.1 Å². The van der Waals surface area contributed by atoms with Crippen molar-refractivity contribution in [3.63, 3.8) is 0 Å². The Labute approximate surface area is 174 Å². The molecule has 0 bridgehead atoms. The van der Waals surface area contributed by atoms with Gasteiger partial charge in [-0.2, -0.15) is 26.9 Å². The highest BCUT2D eigenvalue weighted by Gasteiger charge is 2.20. The number of aromatic amines is 1. The number of thiophene rings is 1. The van der Waals surface area contributed by atoms with E-state index < -0.39 is 5.56 Å². The monoisotopic (exact) mass is 422 g/mol. The van der Waals surface area contributed by atoms with Crippen molar-refractivity contribution in [1.82, 2.24) is 10.4 Å². The third-order valence-electron chi connectivity index (χ3n) is 4.06. The van der Waals surface area contributed by atoms with E-state index in [2.05, 4.69) is 21.6 Å². The second kappa shape index (κ2) is 9.08. The minimum atomic E-state index is -0.513. The van der Waals surface area contributed by atoms with Crippen LogP contribution in [0.4, 0.5) is 0 Å². The molecule has 0 fully saturated rings. The van der Waals surface area contributed by atoms with Gasteiger partial charge in [0.05, 0.1) is 16.2 Å². The van der Waals surface area contributed by atoms with Crippen LogP contribution in [0.1, 0.15) is 22.3 Å². The number of nitrogens with one attached hydrogen (secondary N) is 3. The van der Waals surface area contributed by atoms with Crippen LogP contribution in [0, 0.1) is 22.7 Å². The van der Waals surface area contributed by atoms with Crippen molar-refractivity contribution in [3.05, 3.63) is 74.4 Å². The van der Waals surface area contributed by atoms with Crippen LogP contribution in [0.15, 0.2) is 51.6 Å². The van der Waals surface area contributed by atoms with Crippen molar-refractivity contribution in [2.75, 3.05) is 0 Å². The van der Waals surface area contributed by atoms with Gasteiger partial charge in [0.2, 0.25) is 0 Å². The third kappa shape index (κ3) is 4.15. The molecule has 1 aromatic carbocycles. The highest BCUT2D eigenvalue weighted by atomic mass is 32.2. The molecule has 8 nitrogen and oxygen atoms in total. The minimum Gasteiger partial charge on any atom is -0.315 e. The zero-order valence-corrected chi connectivity index (χ0v) is 16.7. The Balaban J connectivity index is 1.99. The summed E-state index contributed by atoms with van der Waals surface area (Å²) in [5.41, 5.74) is 4.27. The smallest absolute Gasteiger partial charge is 0.315 e. The van der Waals surface area contributed by atoms with Gasteiger partial charge in [-0.3, -0.25) is 10.6 Å². The van der Waals surface area contributed by atoms with Gasteiger partial charge in [0, 0.05) is 16.2 Å². The van der Waals surface area contributed by atoms with Gasteiger partial charge in [-0.05, 0) is 29.1 Å². The molecule has 3 rings (SSSR count). The zero-order chi connectivity index (χ0) is 20.8. The second-order valence-electron chi connectivity index (χ2n) is 5.76. The lowest BCUT2D eigenvalue weighted by Gasteiger charge is -2.10. The highest BCUT2D eigenvalue weighted by molar-refractivity contribution is 7.98. The molecule has 0 saturated carbocycles. The molecule has 0 saturated heterocycles. The van der Waals surface area contributed by atoms with Gasteiger partial charge in [0.15, 0.2) is 0 Å². The van der Waals surface area contributed by atoms with Crippen molar-refractivity contribution in [3.8, 4) is 22.6 Å². The van der Waals surface area contributed by atoms with Gasteiger partial charge in [-0.1, -0.05) is 18.2 Å². The topological polar surface area (TPSA) is 158 Å². The SMILES string of the molecule is N#Cc1c(SCc2cccc(C(NN)=[NH+]N)c2)[nH]c(=O)c(C#N)c1-c1cccs1. The van der Waals surface area contributed by atoms with Crippen LogP contribution in [0.3, 0.4) is 0 Å². The first kappa shape index (κ1) is 20.2. The van der Waals surface area contributed by atoms with Crippen LogP contribution in [0.5, 0.6) is 0 Å². The first-order valence-corrected chi connectivity index (χ1v) is 10.2. The Bertz CT molecular complexity index is 1200. The van der Waals surface area contributed by atoms with Crippen molar-refractivity contribution in [2.45, 2.75) is 10.8 Å². The number of rotatable bonds is 5. The number of H-pyrrole nitrogens is 1. The average molecular weight is 423 g/mol. The number of aromatic nitrogens is 1. The number of hydrazone groups is 1. The van der Waals surface area contributed by atoms with E-state index >= 15 is 0 Å². The summed E-state index contributed by atoms with van der Waals surface area (Å²) in [6.07, 6.45) is 0. The Morgan fingerprint density at radius 2 is 2.03 bits per heavy atom. The lowest BCUT2D eigenvalue weighted by Crippen LogP contribution is -2.83. The Morgan fingerprint density at radius 3 is 2.66 bits per heavy atom. The Hall–Kier alpha value is -3.57. The quantitative estimate of drug-likeness (QED) is 0.130. The molecule has 0 aliphatic carbocycles. The molecule has 10 heteroatoms. The van der Waals surface area contributed by atoms with E-state index in [1.165, 1.54) is 23.1 Å². The summed E-state index contributed by atoms with van der Waals surface area (Å²) in [6, 6.07) is 15.2. The number of benzene rings is 1. The number of nitriles is 2. The molecule has 0 radical (unpaired) electrons. The Morgan fingerprint density at radius 1 is 1.24 bits per heavy atom. The molecule has 2 heterocycles. The summed E-state index contributed by atoms with van der Waals surface area (Å²) in [5.74, 6) is 11.8. The van der Waals surface area contributed by atoms with Crippen LogP contribution < -0.4 is 27.8 Å². The fourth-order valence-corrected chi connectivity index (χ4v) is 4.48. The zero-order valence-electron chi connectivity index (χ0n) is 15.0. The summed E-state index contributed by atoms with van der Waals surface area (Å²) in [6.45, 7) is 0. The first-order chi connectivity index (χ1) is 14.1. The number of pyridine rings is 1. The van der Waals surface area contributed by atoms with Crippen LogP contribution in [0.25, 0.3) is 10.4 Å². The number of hydrogen-bond acceptors (Lipinski definition) is 7. The number of nitrogens with zero attached hydrogens (tertiary/aromatic N) is 2. The van der Waals surface area contributed by atoms with E-state index in [-0.39, 0.29) is 11.1 Å². The molecule has 0 atom stereocenters.